The van der Waals surface area contributed by atoms with Crippen LogP contribution in [0.15, 0.2) is 30.3 Å². The lowest BCUT2D eigenvalue weighted by Crippen LogP contribution is -2.45. The molecule has 2 unspecified atom stereocenters. The average Bonchev–Trinajstić information content (AvgIpc) is 3.04. The third kappa shape index (κ3) is 3.00. The Hall–Kier alpha value is -1.84. The zero-order valence-electron chi connectivity index (χ0n) is 12.2. The molecule has 1 aliphatic rings. The lowest BCUT2D eigenvalue weighted by atomic mass is 10.0. The molecule has 1 aliphatic carbocycles. The van der Waals surface area contributed by atoms with E-state index in [2.05, 4.69) is 0 Å². The fourth-order valence-corrected chi connectivity index (χ4v) is 2.52. The number of carbonyl (C=O) groups excluding carboxylic acids is 1. The molecule has 1 saturated carbocycles. The molecule has 20 heavy (non-hydrogen) atoms. The predicted molar refractivity (Wildman–Crippen MR) is 76.2 cm³/mol. The Morgan fingerprint density at radius 3 is 2.35 bits per heavy atom. The molecule has 2 atom stereocenters. The van der Waals surface area contributed by atoms with Crippen molar-refractivity contribution in [3.05, 3.63) is 35.9 Å². The number of aliphatic carboxylic acids is 1. The molecule has 1 N–H and O–H groups in total. The van der Waals surface area contributed by atoms with Crippen molar-refractivity contribution in [1.29, 1.82) is 0 Å². The van der Waals surface area contributed by atoms with Crippen LogP contribution in [0.3, 0.4) is 0 Å². The first-order chi connectivity index (χ1) is 9.33. The van der Waals surface area contributed by atoms with Gasteiger partial charge in [0.05, 0.1) is 0 Å². The zero-order chi connectivity index (χ0) is 14.9. The molecular formula is C16H21NO3. The fourth-order valence-electron chi connectivity index (χ4n) is 2.52. The number of hydrogen-bond donors (Lipinski definition) is 1. The smallest absolute Gasteiger partial charge is 0.326 e. The molecule has 0 aliphatic heterocycles. The summed E-state index contributed by atoms with van der Waals surface area (Å²) in [6, 6.07) is 8.60. The van der Waals surface area contributed by atoms with Crippen LogP contribution in [-0.2, 0) is 16.0 Å². The number of rotatable bonds is 5. The van der Waals surface area contributed by atoms with Gasteiger partial charge in [-0.3, -0.25) is 4.79 Å². The van der Waals surface area contributed by atoms with E-state index in [1.807, 2.05) is 44.2 Å². The lowest BCUT2D eigenvalue weighted by Gasteiger charge is -2.25. The molecule has 0 heterocycles. The first-order valence-electron chi connectivity index (χ1n) is 6.86. The van der Waals surface area contributed by atoms with E-state index < -0.39 is 12.0 Å². The van der Waals surface area contributed by atoms with Crippen LogP contribution >= 0.6 is 0 Å². The maximum atomic E-state index is 12.3. The number of hydrogen-bond acceptors (Lipinski definition) is 2. The summed E-state index contributed by atoms with van der Waals surface area (Å²) in [4.78, 5) is 25.2. The summed E-state index contributed by atoms with van der Waals surface area (Å²) < 4.78 is 0. The van der Waals surface area contributed by atoms with E-state index in [9.17, 15) is 14.7 Å². The van der Waals surface area contributed by atoms with Gasteiger partial charge in [-0.1, -0.05) is 44.2 Å². The number of likely N-dealkylation sites (N-methyl/N-ethyl adjacent to an activating group) is 1. The van der Waals surface area contributed by atoms with Gasteiger partial charge in [-0.15, -0.1) is 0 Å². The number of carboxylic acids is 1. The molecule has 0 saturated heterocycles. The molecule has 4 heteroatoms. The van der Waals surface area contributed by atoms with Gasteiger partial charge in [0.25, 0.3) is 0 Å². The van der Waals surface area contributed by atoms with Crippen molar-refractivity contribution in [3.63, 3.8) is 0 Å². The van der Waals surface area contributed by atoms with Crippen molar-refractivity contribution in [3.8, 4) is 0 Å². The van der Waals surface area contributed by atoms with Gasteiger partial charge in [0.15, 0.2) is 0 Å². The second kappa shape index (κ2) is 5.27. The van der Waals surface area contributed by atoms with E-state index >= 15 is 0 Å². The summed E-state index contributed by atoms with van der Waals surface area (Å²) in [6.07, 6.45) is 1.18. The quantitative estimate of drug-likeness (QED) is 0.896. The van der Waals surface area contributed by atoms with Gasteiger partial charge < -0.3 is 10.0 Å². The molecule has 0 bridgehead atoms. The average molecular weight is 275 g/mol. The Kier molecular flexibility index (Phi) is 3.84. The van der Waals surface area contributed by atoms with Gasteiger partial charge >= 0.3 is 5.97 Å². The van der Waals surface area contributed by atoms with Gasteiger partial charge in [-0.25, -0.2) is 4.79 Å². The second-order valence-corrected chi connectivity index (χ2v) is 6.24. The molecule has 1 amide bonds. The summed E-state index contributed by atoms with van der Waals surface area (Å²) >= 11 is 0. The first-order valence-corrected chi connectivity index (χ1v) is 6.86. The normalized spacial score (nSPS) is 21.1. The van der Waals surface area contributed by atoms with Crippen molar-refractivity contribution in [1.82, 2.24) is 4.90 Å². The standard InChI is InChI=1S/C16H21NO3/c1-16(2)10-12(16)14(18)17(3)13(15(19)20)9-11-7-5-4-6-8-11/h4-8,12-13H,9-10H2,1-3H3,(H,19,20). The largest absolute Gasteiger partial charge is 0.480 e. The van der Waals surface area contributed by atoms with Crippen LogP contribution in [0.25, 0.3) is 0 Å². The number of amides is 1. The molecular weight excluding hydrogens is 254 g/mol. The van der Waals surface area contributed by atoms with Crippen molar-refractivity contribution >= 4 is 11.9 Å². The van der Waals surface area contributed by atoms with Crippen LogP contribution in [0.1, 0.15) is 25.8 Å². The Bertz CT molecular complexity index is 510. The molecule has 108 valence electrons. The minimum atomic E-state index is -0.955. The molecule has 1 aromatic rings. The Labute approximate surface area is 119 Å². The lowest BCUT2D eigenvalue weighted by molar-refractivity contribution is -0.149. The van der Waals surface area contributed by atoms with Gasteiger partial charge in [0, 0.05) is 19.4 Å². The van der Waals surface area contributed by atoms with Crippen LogP contribution in [0.4, 0.5) is 0 Å². The predicted octanol–water partition coefficient (Wildman–Crippen LogP) is 2.19. The SMILES string of the molecule is CN(C(=O)C1CC1(C)C)C(Cc1ccccc1)C(=O)O. The highest BCUT2D eigenvalue weighted by molar-refractivity contribution is 5.87. The van der Waals surface area contributed by atoms with Gasteiger partial charge in [-0.2, -0.15) is 0 Å². The summed E-state index contributed by atoms with van der Waals surface area (Å²) in [5.41, 5.74) is 0.941. The molecule has 1 aromatic carbocycles. The molecule has 1 fully saturated rings. The van der Waals surface area contributed by atoms with Crippen molar-refractivity contribution in [2.45, 2.75) is 32.7 Å². The van der Waals surface area contributed by atoms with E-state index in [0.29, 0.717) is 6.42 Å². The third-order valence-electron chi connectivity index (χ3n) is 4.18. The molecule has 0 spiro atoms. The number of carbonyl (C=O) groups is 2. The monoisotopic (exact) mass is 275 g/mol. The molecule has 4 nitrogen and oxygen atoms in total. The number of nitrogens with zero attached hydrogens (tertiary/aromatic N) is 1. The summed E-state index contributed by atoms with van der Waals surface area (Å²) in [7, 11) is 1.60. The van der Waals surface area contributed by atoms with Crippen molar-refractivity contribution in [2.24, 2.45) is 11.3 Å². The zero-order valence-corrected chi connectivity index (χ0v) is 12.2. The van der Waals surface area contributed by atoms with E-state index in [-0.39, 0.29) is 17.2 Å². The molecule has 0 aromatic heterocycles. The van der Waals surface area contributed by atoms with Crippen molar-refractivity contribution < 1.29 is 14.7 Å². The van der Waals surface area contributed by atoms with Crippen LogP contribution in [0, 0.1) is 11.3 Å². The third-order valence-corrected chi connectivity index (χ3v) is 4.18. The Morgan fingerprint density at radius 2 is 1.90 bits per heavy atom. The van der Waals surface area contributed by atoms with Crippen LogP contribution < -0.4 is 0 Å². The fraction of sp³-hybridized carbons (Fsp3) is 0.500. The van der Waals surface area contributed by atoms with E-state index in [1.165, 1.54) is 4.90 Å². The van der Waals surface area contributed by atoms with Crippen LogP contribution in [0.5, 0.6) is 0 Å². The highest BCUT2D eigenvalue weighted by Crippen LogP contribution is 2.52. The van der Waals surface area contributed by atoms with Gasteiger partial charge in [0.2, 0.25) is 5.91 Å². The highest BCUT2D eigenvalue weighted by Gasteiger charge is 2.52. The number of benzene rings is 1. The summed E-state index contributed by atoms with van der Waals surface area (Å²) in [6.45, 7) is 4.08. The topological polar surface area (TPSA) is 57.6 Å². The van der Waals surface area contributed by atoms with Gasteiger partial charge in [-0.05, 0) is 17.4 Å². The molecule has 2 rings (SSSR count). The first kappa shape index (κ1) is 14.6. The van der Waals surface area contributed by atoms with Crippen LogP contribution in [0.2, 0.25) is 0 Å². The minimum Gasteiger partial charge on any atom is -0.480 e. The highest BCUT2D eigenvalue weighted by atomic mass is 16.4. The van der Waals surface area contributed by atoms with E-state index in [1.54, 1.807) is 7.05 Å². The second-order valence-electron chi connectivity index (χ2n) is 6.24. The number of carboxylic acid groups (broad SMARTS) is 1. The Morgan fingerprint density at radius 1 is 1.35 bits per heavy atom. The maximum Gasteiger partial charge on any atom is 0.326 e. The molecule has 0 radical (unpaired) electrons. The Balaban J connectivity index is 2.09. The van der Waals surface area contributed by atoms with Gasteiger partial charge in [0.1, 0.15) is 6.04 Å². The summed E-state index contributed by atoms with van der Waals surface area (Å²) in [5, 5.41) is 9.39. The summed E-state index contributed by atoms with van der Waals surface area (Å²) in [5.74, 6) is -1.05. The van der Waals surface area contributed by atoms with E-state index in [0.717, 1.165) is 12.0 Å². The van der Waals surface area contributed by atoms with E-state index in [4.69, 9.17) is 0 Å². The van der Waals surface area contributed by atoms with Crippen molar-refractivity contribution in [2.75, 3.05) is 7.05 Å². The van der Waals surface area contributed by atoms with Crippen LogP contribution in [-0.4, -0.2) is 35.0 Å². The maximum absolute atomic E-state index is 12.3. The minimum absolute atomic E-state index is 0.0150.